The Morgan fingerprint density at radius 1 is 0.957 bits per heavy atom. The van der Waals surface area contributed by atoms with Crippen LogP contribution < -0.4 is 16.2 Å². The van der Waals surface area contributed by atoms with Gasteiger partial charge >= 0.3 is 6.03 Å². The number of anilines is 1. The first-order valence-corrected chi connectivity index (χ1v) is 6.62. The number of hydrogen-bond acceptors (Lipinski definition) is 5. The van der Waals surface area contributed by atoms with E-state index in [1.165, 1.54) is 6.07 Å². The summed E-state index contributed by atoms with van der Waals surface area (Å²) in [4.78, 5) is 23.4. The zero-order valence-electron chi connectivity index (χ0n) is 11.5. The number of phenols is 3. The van der Waals surface area contributed by atoms with E-state index in [0.29, 0.717) is 10.7 Å². The molecule has 9 heteroatoms. The number of hydrazine groups is 1. The van der Waals surface area contributed by atoms with Crippen LogP contribution in [-0.4, -0.2) is 27.3 Å². The lowest BCUT2D eigenvalue weighted by Crippen LogP contribution is -2.43. The number of urea groups is 1. The van der Waals surface area contributed by atoms with E-state index in [4.69, 9.17) is 11.6 Å². The Labute approximate surface area is 135 Å². The summed E-state index contributed by atoms with van der Waals surface area (Å²) in [5, 5.41) is 30.7. The zero-order chi connectivity index (χ0) is 17.0. The predicted molar refractivity (Wildman–Crippen MR) is 82.5 cm³/mol. The summed E-state index contributed by atoms with van der Waals surface area (Å²) in [5.41, 5.74) is 4.41. The van der Waals surface area contributed by atoms with Gasteiger partial charge in [0.05, 0.1) is 0 Å². The van der Waals surface area contributed by atoms with Crippen LogP contribution in [0.15, 0.2) is 36.4 Å². The Bertz CT molecular complexity index is 743. The van der Waals surface area contributed by atoms with Gasteiger partial charge in [-0.15, -0.1) is 0 Å². The molecular weight excluding hydrogens is 326 g/mol. The van der Waals surface area contributed by atoms with Crippen LogP contribution in [0.1, 0.15) is 10.4 Å². The van der Waals surface area contributed by atoms with E-state index in [0.717, 1.165) is 12.1 Å². The molecule has 0 aromatic heterocycles. The van der Waals surface area contributed by atoms with E-state index in [-0.39, 0.29) is 5.56 Å². The van der Waals surface area contributed by atoms with Crippen molar-refractivity contribution in [2.24, 2.45) is 0 Å². The number of phenolic OH excluding ortho intramolecular Hbond substituents is 3. The molecule has 0 bridgehead atoms. The second kappa shape index (κ2) is 6.75. The third-order valence-electron chi connectivity index (χ3n) is 2.70. The molecule has 0 heterocycles. The van der Waals surface area contributed by atoms with Crippen molar-refractivity contribution in [1.82, 2.24) is 10.9 Å². The Balaban J connectivity index is 1.95. The van der Waals surface area contributed by atoms with Gasteiger partial charge in [0.15, 0.2) is 17.2 Å². The number of hydrogen-bond donors (Lipinski definition) is 6. The standard InChI is InChI=1S/C14H12ClN3O5/c15-8-2-1-3-9(6-8)16-14(23)18-17-13(22)7-4-10(19)12(21)11(20)5-7/h1-6,19-21H,(H,17,22)(H2,16,18,23). The van der Waals surface area contributed by atoms with Gasteiger partial charge in [0.2, 0.25) is 0 Å². The molecule has 8 nitrogen and oxygen atoms in total. The molecule has 0 radical (unpaired) electrons. The van der Waals surface area contributed by atoms with Gasteiger partial charge in [-0.2, -0.15) is 0 Å². The van der Waals surface area contributed by atoms with Gasteiger partial charge in [-0.05, 0) is 30.3 Å². The molecule has 3 amide bonds. The monoisotopic (exact) mass is 337 g/mol. The molecule has 0 saturated heterocycles. The zero-order valence-corrected chi connectivity index (χ0v) is 12.3. The first-order valence-electron chi connectivity index (χ1n) is 6.24. The van der Waals surface area contributed by atoms with Gasteiger partial charge in [0.25, 0.3) is 5.91 Å². The van der Waals surface area contributed by atoms with E-state index >= 15 is 0 Å². The maximum atomic E-state index is 11.8. The molecule has 0 aliphatic rings. The lowest BCUT2D eigenvalue weighted by molar-refractivity contribution is 0.0937. The molecule has 6 N–H and O–H groups in total. The van der Waals surface area contributed by atoms with Crippen molar-refractivity contribution in [1.29, 1.82) is 0 Å². The van der Waals surface area contributed by atoms with Crippen LogP contribution in [0.2, 0.25) is 5.02 Å². The normalized spacial score (nSPS) is 9.96. The van der Waals surface area contributed by atoms with Crippen LogP contribution in [0, 0.1) is 0 Å². The smallest absolute Gasteiger partial charge is 0.337 e. The van der Waals surface area contributed by atoms with Crippen molar-refractivity contribution < 1.29 is 24.9 Å². The number of nitrogens with one attached hydrogen (secondary N) is 3. The number of aromatic hydroxyl groups is 3. The first-order chi connectivity index (χ1) is 10.9. The number of carbonyl (C=O) groups is 2. The maximum absolute atomic E-state index is 11.8. The second-order valence-corrected chi connectivity index (χ2v) is 4.84. The Hall–Kier alpha value is -3.13. The number of benzene rings is 2. The van der Waals surface area contributed by atoms with Gasteiger partial charge in [-0.1, -0.05) is 17.7 Å². The number of carbonyl (C=O) groups excluding carboxylic acids is 2. The summed E-state index contributed by atoms with van der Waals surface area (Å²) in [5.74, 6) is -2.89. The average molecular weight is 338 g/mol. The molecule has 0 fully saturated rings. The summed E-state index contributed by atoms with van der Waals surface area (Å²) >= 11 is 5.77. The van der Waals surface area contributed by atoms with Crippen LogP contribution >= 0.6 is 11.6 Å². The Kier molecular flexibility index (Phi) is 4.77. The molecule has 0 aliphatic carbocycles. The molecule has 0 aliphatic heterocycles. The number of rotatable bonds is 2. The average Bonchev–Trinajstić information content (AvgIpc) is 2.49. The van der Waals surface area contributed by atoms with Gasteiger partial charge in [0.1, 0.15) is 0 Å². The van der Waals surface area contributed by atoms with Crippen molar-refractivity contribution in [3.63, 3.8) is 0 Å². The summed E-state index contributed by atoms with van der Waals surface area (Å²) in [6.45, 7) is 0. The van der Waals surface area contributed by atoms with E-state index in [1.54, 1.807) is 18.2 Å². The maximum Gasteiger partial charge on any atom is 0.337 e. The fraction of sp³-hybridized carbons (Fsp3) is 0. The predicted octanol–water partition coefficient (Wildman–Crippen LogP) is 1.92. The fourth-order valence-electron chi connectivity index (χ4n) is 1.65. The van der Waals surface area contributed by atoms with E-state index in [1.807, 2.05) is 0 Å². The number of amides is 3. The lowest BCUT2D eigenvalue weighted by Gasteiger charge is -2.10. The number of halogens is 1. The molecule has 23 heavy (non-hydrogen) atoms. The summed E-state index contributed by atoms with van der Waals surface area (Å²) in [6.07, 6.45) is 0. The lowest BCUT2D eigenvalue weighted by atomic mass is 10.2. The SMILES string of the molecule is O=C(NNC(=O)c1cc(O)c(O)c(O)c1)Nc1cccc(Cl)c1. The topological polar surface area (TPSA) is 131 Å². The van der Waals surface area contributed by atoms with Gasteiger partial charge < -0.3 is 20.6 Å². The van der Waals surface area contributed by atoms with Gasteiger partial charge in [-0.3, -0.25) is 10.2 Å². The molecule has 2 aromatic carbocycles. The molecule has 0 unspecified atom stereocenters. The van der Waals surface area contributed by atoms with Crippen molar-refractivity contribution in [3.05, 3.63) is 47.0 Å². The summed E-state index contributed by atoms with van der Waals surface area (Å²) in [7, 11) is 0. The molecular formula is C14H12ClN3O5. The molecule has 2 rings (SSSR count). The minimum atomic E-state index is -0.808. The highest BCUT2D eigenvalue weighted by Gasteiger charge is 2.14. The Morgan fingerprint density at radius 3 is 2.22 bits per heavy atom. The van der Waals surface area contributed by atoms with Crippen LogP contribution in [-0.2, 0) is 0 Å². The fourth-order valence-corrected chi connectivity index (χ4v) is 1.84. The highest BCUT2D eigenvalue weighted by atomic mass is 35.5. The van der Waals surface area contributed by atoms with Crippen LogP contribution in [0.25, 0.3) is 0 Å². The minimum Gasteiger partial charge on any atom is -0.504 e. The first kappa shape index (κ1) is 16.2. The Morgan fingerprint density at radius 2 is 1.61 bits per heavy atom. The highest BCUT2D eigenvalue weighted by molar-refractivity contribution is 6.30. The second-order valence-electron chi connectivity index (χ2n) is 4.41. The third kappa shape index (κ3) is 4.17. The molecule has 120 valence electrons. The van der Waals surface area contributed by atoms with Crippen molar-refractivity contribution in [2.45, 2.75) is 0 Å². The van der Waals surface area contributed by atoms with Gasteiger partial charge in [0, 0.05) is 16.3 Å². The molecule has 0 spiro atoms. The molecule has 2 aromatic rings. The quantitative estimate of drug-likeness (QED) is 0.368. The van der Waals surface area contributed by atoms with Crippen molar-refractivity contribution in [2.75, 3.05) is 5.32 Å². The van der Waals surface area contributed by atoms with E-state index in [2.05, 4.69) is 16.2 Å². The molecule has 0 saturated carbocycles. The largest absolute Gasteiger partial charge is 0.504 e. The third-order valence-corrected chi connectivity index (χ3v) is 2.94. The summed E-state index contributed by atoms with van der Waals surface area (Å²) < 4.78 is 0. The molecule has 0 atom stereocenters. The van der Waals surface area contributed by atoms with Crippen molar-refractivity contribution >= 4 is 29.2 Å². The van der Waals surface area contributed by atoms with E-state index in [9.17, 15) is 24.9 Å². The van der Waals surface area contributed by atoms with Crippen molar-refractivity contribution in [3.8, 4) is 17.2 Å². The van der Waals surface area contributed by atoms with Crippen LogP contribution in [0.4, 0.5) is 10.5 Å². The van der Waals surface area contributed by atoms with E-state index < -0.39 is 29.2 Å². The van der Waals surface area contributed by atoms with Crippen LogP contribution in [0.3, 0.4) is 0 Å². The van der Waals surface area contributed by atoms with Crippen LogP contribution in [0.5, 0.6) is 17.2 Å². The highest BCUT2D eigenvalue weighted by Crippen LogP contribution is 2.35. The minimum absolute atomic E-state index is 0.166. The summed E-state index contributed by atoms with van der Waals surface area (Å²) in [6, 6.07) is 7.52. The van der Waals surface area contributed by atoms with Gasteiger partial charge in [-0.25, -0.2) is 10.2 Å².